The number of methoxy groups -OCH3 is 2. The van der Waals surface area contributed by atoms with Crippen LogP contribution in [0.3, 0.4) is 0 Å². The molecule has 33 heavy (non-hydrogen) atoms. The maximum atomic E-state index is 13.0. The molecule has 2 aromatic rings. The average Bonchev–Trinajstić information content (AvgIpc) is 3.32. The number of nitrogens with zero attached hydrogens (tertiary/aromatic N) is 1. The van der Waals surface area contributed by atoms with Crippen molar-refractivity contribution in [3.05, 3.63) is 53.1 Å². The van der Waals surface area contributed by atoms with E-state index in [4.69, 9.17) is 14.2 Å². The second-order valence-corrected chi connectivity index (χ2v) is 7.45. The molecule has 2 aromatic carbocycles. The molecule has 11 heteroatoms. The molecule has 2 aliphatic rings. The summed E-state index contributed by atoms with van der Waals surface area (Å²) in [6, 6.07) is 6.22. The Bertz CT molecular complexity index is 1130. The highest BCUT2D eigenvalue weighted by atomic mass is 19.4. The van der Waals surface area contributed by atoms with Crippen LogP contribution in [0.5, 0.6) is 11.5 Å². The molecule has 0 aromatic heterocycles. The van der Waals surface area contributed by atoms with Crippen LogP contribution in [0.25, 0.3) is 0 Å². The quantitative estimate of drug-likeness (QED) is 0.681. The Balaban J connectivity index is 1.63. The van der Waals surface area contributed by atoms with Crippen molar-refractivity contribution in [3.8, 4) is 11.5 Å². The standard InChI is InChI=1S/C22H19F3N2O6/c1-31-15-8-6-13-17(18(15)32-2)21(30)33-20(13)27-14(7-9-16(27)28)19(29)26-12-5-3-4-11(10-12)22(23,24)25/h3-6,8,10,14,20H,7,9H2,1-2H3,(H,26,29)/t14-,20?/m0/s1. The number of carbonyl (C=O) groups excluding carboxylic acids is 3. The first-order chi connectivity index (χ1) is 15.7. The van der Waals surface area contributed by atoms with E-state index in [1.807, 2.05) is 0 Å². The zero-order chi connectivity index (χ0) is 23.9. The number of carbonyl (C=O) groups is 3. The summed E-state index contributed by atoms with van der Waals surface area (Å²) >= 11 is 0. The van der Waals surface area contributed by atoms with Crippen molar-refractivity contribution in [2.45, 2.75) is 31.3 Å². The van der Waals surface area contributed by atoms with Gasteiger partial charge in [-0.2, -0.15) is 13.2 Å². The number of cyclic esters (lactones) is 1. The first kappa shape index (κ1) is 22.4. The van der Waals surface area contributed by atoms with Gasteiger partial charge in [-0.25, -0.2) is 4.79 Å². The number of alkyl halides is 3. The lowest BCUT2D eigenvalue weighted by Gasteiger charge is -2.29. The highest BCUT2D eigenvalue weighted by Crippen LogP contribution is 2.45. The second-order valence-electron chi connectivity index (χ2n) is 7.45. The van der Waals surface area contributed by atoms with Gasteiger partial charge in [-0.15, -0.1) is 0 Å². The minimum atomic E-state index is -4.57. The molecule has 0 aliphatic carbocycles. The number of hydrogen-bond acceptors (Lipinski definition) is 6. The van der Waals surface area contributed by atoms with Crippen molar-refractivity contribution < 1.29 is 41.8 Å². The van der Waals surface area contributed by atoms with Crippen LogP contribution in [-0.4, -0.2) is 42.9 Å². The topological polar surface area (TPSA) is 94.2 Å². The summed E-state index contributed by atoms with van der Waals surface area (Å²) < 4.78 is 54.8. The molecule has 0 radical (unpaired) electrons. The minimum Gasteiger partial charge on any atom is -0.493 e. The molecule has 2 heterocycles. The van der Waals surface area contributed by atoms with Crippen LogP contribution in [0.15, 0.2) is 36.4 Å². The predicted octanol–water partition coefficient (Wildman–Crippen LogP) is 3.52. The Hall–Kier alpha value is -3.76. The third-order valence-electron chi connectivity index (χ3n) is 5.53. The predicted molar refractivity (Wildman–Crippen MR) is 108 cm³/mol. The Labute approximate surface area is 186 Å². The molecule has 174 valence electrons. The summed E-state index contributed by atoms with van der Waals surface area (Å²) in [6.07, 6.45) is -5.63. The number of ether oxygens (including phenoxy) is 3. The lowest BCUT2D eigenvalue weighted by molar-refractivity contribution is -0.144. The number of esters is 1. The van der Waals surface area contributed by atoms with Crippen LogP contribution >= 0.6 is 0 Å². The highest BCUT2D eigenvalue weighted by Gasteiger charge is 2.47. The molecular formula is C22H19F3N2O6. The molecule has 2 aliphatic heterocycles. The van der Waals surface area contributed by atoms with Gasteiger partial charge in [0.05, 0.1) is 19.8 Å². The fourth-order valence-electron chi connectivity index (χ4n) is 4.04. The lowest BCUT2D eigenvalue weighted by Crippen LogP contribution is -2.43. The van der Waals surface area contributed by atoms with Crippen LogP contribution in [0, 0.1) is 0 Å². The molecule has 0 saturated carbocycles. The lowest BCUT2D eigenvalue weighted by atomic mass is 10.0. The van der Waals surface area contributed by atoms with Crippen molar-refractivity contribution in [1.29, 1.82) is 0 Å². The van der Waals surface area contributed by atoms with Crippen LogP contribution in [0.1, 0.15) is 40.6 Å². The van der Waals surface area contributed by atoms with Crippen LogP contribution in [0.2, 0.25) is 0 Å². The molecule has 1 unspecified atom stereocenters. The minimum absolute atomic E-state index is 0.0113. The van der Waals surface area contributed by atoms with E-state index in [0.29, 0.717) is 11.3 Å². The van der Waals surface area contributed by atoms with Crippen LogP contribution in [0.4, 0.5) is 18.9 Å². The van der Waals surface area contributed by atoms with Gasteiger partial charge in [0.2, 0.25) is 18.0 Å². The van der Waals surface area contributed by atoms with Crippen molar-refractivity contribution in [3.63, 3.8) is 0 Å². The van der Waals surface area contributed by atoms with E-state index < -0.39 is 41.8 Å². The Morgan fingerprint density at radius 1 is 1.15 bits per heavy atom. The number of rotatable bonds is 5. The summed E-state index contributed by atoms with van der Waals surface area (Å²) in [6.45, 7) is 0. The van der Waals surface area contributed by atoms with Gasteiger partial charge in [0.15, 0.2) is 11.5 Å². The summed E-state index contributed by atoms with van der Waals surface area (Å²) in [5, 5.41) is 2.43. The molecule has 2 atom stereocenters. The Morgan fingerprint density at radius 3 is 2.58 bits per heavy atom. The zero-order valence-corrected chi connectivity index (χ0v) is 17.6. The molecule has 2 amide bonds. The third kappa shape index (κ3) is 3.94. The van der Waals surface area contributed by atoms with Crippen molar-refractivity contribution in [2.24, 2.45) is 0 Å². The number of fused-ring (bicyclic) bond motifs is 1. The van der Waals surface area contributed by atoms with Gasteiger partial charge < -0.3 is 19.5 Å². The summed E-state index contributed by atoms with van der Waals surface area (Å²) in [5.41, 5.74) is -0.577. The van der Waals surface area contributed by atoms with E-state index in [1.165, 1.54) is 26.4 Å². The first-order valence-corrected chi connectivity index (χ1v) is 9.91. The number of anilines is 1. The molecular weight excluding hydrogens is 445 g/mol. The molecule has 1 fully saturated rings. The van der Waals surface area contributed by atoms with E-state index >= 15 is 0 Å². The summed E-state index contributed by atoms with van der Waals surface area (Å²) in [7, 11) is 2.76. The Morgan fingerprint density at radius 2 is 1.91 bits per heavy atom. The van der Waals surface area contributed by atoms with E-state index in [2.05, 4.69) is 5.32 Å². The highest BCUT2D eigenvalue weighted by molar-refractivity contribution is 6.01. The van der Waals surface area contributed by atoms with E-state index in [9.17, 15) is 27.6 Å². The number of benzene rings is 2. The van der Waals surface area contributed by atoms with Crippen molar-refractivity contribution in [2.75, 3.05) is 19.5 Å². The van der Waals surface area contributed by atoms with Gasteiger partial charge in [-0.05, 0) is 36.8 Å². The van der Waals surface area contributed by atoms with Crippen LogP contribution in [-0.2, 0) is 20.5 Å². The molecule has 1 N–H and O–H groups in total. The number of likely N-dealkylation sites (tertiary alicyclic amines) is 1. The maximum Gasteiger partial charge on any atom is 0.416 e. The van der Waals surface area contributed by atoms with Gasteiger partial charge >= 0.3 is 12.1 Å². The first-order valence-electron chi connectivity index (χ1n) is 9.91. The maximum absolute atomic E-state index is 13.0. The monoisotopic (exact) mass is 464 g/mol. The molecule has 4 rings (SSSR count). The van der Waals surface area contributed by atoms with Gasteiger partial charge in [0.25, 0.3) is 0 Å². The number of hydrogen-bond donors (Lipinski definition) is 1. The summed E-state index contributed by atoms with van der Waals surface area (Å²) in [5.74, 6) is -1.44. The van der Waals surface area contributed by atoms with Gasteiger partial charge in [0, 0.05) is 17.7 Å². The number of amides is 2. The molecule has 8 nitrogen and oxygen atoms in total. The van der Waals surface area contributed by atoms with Gasteiger partial charge in [-0.3, -0.25) is 14.5 Å². The van der Waals surface area contributed by atoms with E-state index in [-0.39, 0.29) is 29.8 Å². The smallest absolute Gasteiger partial charge is 0.416 e. The normalized spacial score (nSPS) is 19.8. The Kier molecular flexibility index (Phi) is 5.64. The largest absolute Gasteiger partial charge is 0.493 e. The van der Waals surface area contributed by atoms with Crippen molar-refractivity contribution in [1.82, 2.24) is 4.90 Å². The second kappa shape index (κ2) is 8.30. The number of halogens is 3. The molecule has 1 saturated heterocycles. The fourth-order valence-corrected chi connectivity index (χ4v) is 4.04. The van der Waals surface area contributed by atoms with Crippen molar-refractivity contribution >= 4 is 23.5 Å². The van der Waals surface area contributed by atoms with Gasteiger partial charge in [0.1, 0.15) is 11.6 Å². The molecule has 0 spiro atoms. The summed E-state index contributed by atoms with van der Waals surface area (Å²) in [4.78, 5) is 39.3. The van der Waals surface area contributed by atoms with Gasteiger partial charge in [-0.1, -0.05) is 6.07 Å². The fraction of sp³-hybridized carbons (Fsp3) is 0.318. The zero-order valence-electron chi connectivity index (χ0n) is 17.6. The third-order valence-corrected chi connectivity index (χ3v) is 5.53. The van der Waals surface area contributed by atoms with E-state index in [1.54, 1.807) is 12.1 Å². The van der Waals surface area contributed by atoms with E-state index in [0.717, 1.165) is 17.0 Å². The van der Waals surface area contributed by atoms with Crippen LogP contribution < -0.4 is 14.8 Å². The molecule has 0 bridgehead atoms. The average molecular weight is 464 g/mol. The number of nitrogens with one attached hydrogen (secondary N) is 1. The SMILES string of the molecule is COc1ccc2c(c1OC)C(=O)OC2N1C(=O)CC[C@H]1C(=O)Nc1cccc(C(F)(F)F)c1.